The lowest BCUT2D eigenvalue weighted by atomic mass is 9.97. The molecule has 0 saturated carbocycles. The van der Waals surface area contributed by atoms with Crippen molar-refractivity contribution in [2.45, 2.75) is 25.8 Å². The van der Waals surface area contributed by atoms with E-state index < -0.39 is 0 Å². The Kier molecular flexibility index (Phi) is 4.73. The van der Waals surface area contributed by atoms with Crippen molar-refractivity contribution in [1.29, 1.82) is 0 Å². The molecule has 0 aromatic carbocycles. The van der Waals surface area contributed by atoms with Crippen LogP contribution in [0.1, 0.15) is 38.3 Å². The third kappa shape index (κ3) is 3.24. The highest BCUT2D eigenvalue weighted by atomic mass is 32.1. The van der Waals surface area contributed by atoms with Crippen molar-refractivity contribution in [2.75, 3.05) is 27.2 Å². The molecule has 3 aromatic heterocycles. The number of thiazole rings is 1. The Balaban J connectivity index is 1.63. The molecule has 4 heterocycles. The SMILES string of the molecule is Cc1nc(CN2CCC(c3c(C(=O)N(C)C)sc4nccnc34)C2)cs1. The fourth-order valence-corrected chi connectivity index (χ4v) is 5.32. The van der Waals surface area contributed by atoms with E-state index >= 15 is 0 Å². The molecule has 1 atom stereocenters. The lowest BCUT2D eigenvalue weighted by Gasteiger charge is -2.16. The minimum atomic E-state index is 0.0402. The van der Waals surface area contributed by atoms with E-state index in [2.05, 4.69) is 25.2 Å². The first kappa shape index (κ1) is 17.5. The van der Waals surface area contributed by atoms with Crippen LogP contribution in [0.5, 0.6) is 0 Å². The van der Waals surface area contributed by atoms with E-state index in [0.29, 0.717) is 5.92 Å². The van der Waals surface area contributed by atoms with Crippen LogP contribution in [0.2, 0.25) is 0 Å². The molecule has 1 fully saturated rings. The van der Waals surface area contributed by atoms with E-state index in [1.165, 1.54) is 11.3 Å². The number of hydrogen-bond donors (Lipinski definition) is 0. The predicted molar refractivity (Wildman–Crippen MR) is 105 cm³/mol. The fourth-order valence-electron chi connectivity index (χ4n) is 3.51. The highest BCUT2D eigenvalue weighted by molar-refractivity contribution is 7.20. The molecule has 0 N–H and O–H groups in total. The maximum atomic E-state index is 12.7. The van der Waals surface area contributed by atoms with Gasteiger partial charge >= 0.3 is 0 Å². The van der Waals surface area contributed by atoms with Crippen LogP contribution < -0.4 is 0 Å². The monoisotopic (exact) mass is 387 g/mol. The smallest absolute Gasteiger partial charge is 0.263 e. The van der Waals surface area contributed by atoms with Crippen molar-refractivity contribution in [3.63, 3.8) is 0 Å². The number of aryl methyl sites for hydroxylation is 1. The molecule has 136 valence electrons. The van der Waals surface area contributed by atoms with E-state index in [-0.39, 0.29) is 5.91 Å². The summed E-state index contributed by atoms with van der Waals surface area (Å²) in [5.74, 6) is 0.345. The number of hydrogen-bond acceptors (Lipinski definition) is 7. The van der Waals surface area contributed by atoms with Crippen LogP contribution >= 0.6 is 22.7 Å². The summed E-state index contributed by atoms with van der Waals surface area (Å²) in [6.45, 7) is 4.84. The number of thiophene rings is 1. The fraction of sp³-hybridized carbons (Fsp3) is 0.444. The number of amides is 1. The summed E-state index contributed by atoms with van der Waals surface area (Å²) in [6, 6.07) is 0. The molecule has 0 radical (unpaired) electrons. The predicted octanol–water partition coefficient (Wildman–Crippen LogP) is 3.15. The Hall–Kier alpha value is -1.90. The van der Waals surface area contributed by atoms with Gasteiger partial charge in [0.15, 0.2) is 0 Å². The van der Waals surface area contributed by atoms with E-state index in [0.717, 1.165) is 57.5 Å². The molecule has 4 rings (SSSR count). The average molecular weight is 388 g/mol. The zero-order chi connectivity index (χ0) is 18.3. The second-order valence-electron chi connectivity index (χ2n) is 6.83. The quantitative estimate of drug-likeness (QED) is 0.688. The molecular formula is C18H21N5OS2. The molecule has 1 saturated heterocycles. The largest absolute Gasteiger partial charge is 0.344 e. The van der Waals surface area contributed by atoms with Gasteiger partial charge in [-0.15, -0.1) is 22.7 Å². The molecule has 8 heteroatoms. The van der Waals surface area contributed by atoms with Crippen molar-refractivity contribution in [2.24, 2.45) is 0 Å². The Morgan fingerprint density at radius 1 is 1.35 bits per heavy atom. The van der Waals surface area contributed by atoms with Gasteiger partial charge in [-0.25, -0.2) is 9.97 Å². The number of fused-ring (bicyclic) bond motifs is 1. The van der Waals surface area contributed by atoms with Gasteiger partial charge in [-0.05, 0) is 19.9 Å². The van der Waals surface area contributed by atoms with E-state index in [4.69, 9.17) is 0 Å². The summed E-state index contributed by atoms with van der Waals surface area (Å²) in [4.78, 5) is 32.0. The summed E-state index contributed by atoms with van der Waals surface area (Å²) < 4.78 is 0. The van der Waals surface area contributed by atoms with Crippen LogP contribution in [0.25, 0.3) is 10.3 Å². The lowest BCUT2D eigenvalue weighted by molar-refractivity contribution is 0.0831. The molecule has 6 nitrogen and oxygen atoms in total. The normalized spacial score (nSPS) is 17.9. The van der Waals surface area contributed by atoms with Gasteiger partial charge in [0.25, 0.3) is 5.91 Å². The first-order valence-corrected chi connectivity index (χ1v) is 10.3. The Bertz CT molecular complexity index is 948. The third-order valence-electron chi connectivity index (χ3n) is 4.70. The van der Waals surface area contributed by atoms with Gasteiger partial charge in [-0.3, -0.25) is 14.7 Å². The van der Waals surface area contributed by atoms with Crippen molar-refractivity contribution >= 4 is 38.9 Å². The number of aromatic nitrogens is 3. The standard InChI is InChI=1S/C18H21N5OS2/c1-11-21-13(10-25-11)9-23-7-4-12(8-23)14-15-17(20-6-5-19-15)26-16(14)18(24)22(2)3/h5-6,10,12H,4,7-9H2,1-3H3. The van der Waals surface area contributed by atoms with Gasteiger partial charge in [-0.2, -0.15) is 0 Å². The molecular weight excluding hydrogens is 366 g/mol. The molecule has 1 aliphatic rings. The maximum Gasteiger partial charge on any atom is 0.263 e. The number of rotatable bonds is 4. The summed E-state index contributed by atoms with van der Waals surface area (Å²) in [7, 11) is 3.59. The highest BCUT2D eigenvalue weighted by Gasteiger charge is 2.32. The van der Waals surface area contributed by atoms with Crippen LogP contribution in [0.3, 0.4) is 0 Å². The van der Waals surface area contributed by atoms with Gasteiger partial charge in [0.1, 0.15) is 10.3 Å². The van der Waals surface area contributed by atoms with Gasteiger partial charge in [0.05, 0.1) is 15.6 Å². The first-order valence-electron chi connectivity index (χ1n) is 8.61. The van der Waals surface area contributed by atoms with Gasteiger partial charge < -0.3 is 4.90 Å². The molecule has 3 aromatic rings. The van der Waals surface area contributed by atoms with Gasteiger partial charge in [0, 0.05) is 56.4 Å². The molecule has 0 spiro atoms. The van der Waals surface area contributed by atoms with Crippen LogP contribution in [0.4, 0.5) is 0 Å². The Morgan fingerprint density at radius 3 is 2.88 bits per heavy atom. The second-order valence-corrected chi connectivity index (χ2v) is 8.89. The van der Waals surface area contributed by atoms with Crippen LogP contribution in [0, 0.1) is 6.92 Å². The number of likely N-dealkylation sites (tertiary alicyclic amines) is 1. The second kappa shape index (κ2) is 7.02. The summed E-state index contributed by atoms with van der Waals surface area (Å²) in [5, 5.41) is 3.24. The van der Waals surface area contributed by atoms with Crippen molar-refractivity contribution in [3.8, 4) is 0 Å². The zero-order valence-corrected chi connectivity index (χ0v) is 16.7. The highest BCUT2D eigenvalue weighted by Crippen LogP contribution is 2.39. The maximum absolute atomic E-state index is 12.7. The molecule has 0 bridgehead atoms. The van der Waals surface area contributed by atoms with E-state index in [1.807, 2.05) is 6.92 Å². The first-order chi connectivity index (χ1) is 12.5. The molecule has 0 aliphatic carbocycles. The number of nitrogens with zero attached hydrogens (tertiary/aromatic N) is 5. The average Bonchev–Trinajstić information content (AvgIpc) is 3.32. The minimum absolute atomic E-state index is 0.0402. The molecule has 1 unspecified atom stereocenters. The van der Waals surface area contributed by atoms with Gasteiger partial charge in [0.2, 0.25) is 0 Å². The molecule has 1 aliphatic heterocycles. The molecule has 1 amide bonds. The van der Waals surface area contributed by atoms with Crippen LogP contribution in [-0.2, 0) is 6.54 Å². The summed E-state index contributed by atoms with van der Waals surface area (Å²) in [5.41, 5.74) is 3.10. The third-order valence-corrected chi connectivity index (χ3v) is 6.61. The van der Waals surface area contributed by atoms with E-state index in [1.54, 1.807) is 42.7 Å². The van der Waals surface area contributed by atoms with Crippen LogP contribution in [-0.4, -0.2) is 57.8 Å². The molecule has 26 heavy (non-hydrogen) atoms. The minimum Gasteiger partial charge on any atom is -0.344 e. The summed E-state index contributed by atoms with van der Waals surface area (Å²) >= 11 is 3.15. The van der Waals surface area contributed by atoms with Crippen molar-refractivity contribution < 1.29 is 4.79 Å². The van der Waals surface area contributed by atoms with E-state index in [9.17, 15) is 4.79 Å². The summed E-state index contributed by atoms with van der Waals surface area (Å²) in [6.07, 6.45) is 4.44. The topological polar surface area (TPSA) is 62.2 Å². The Morgan fingerprint density at radius 2 is 2.15 bits per heavy atom. The van der Waals surface area contributed by atoms with Gasteiger partial charge in [-0.1, -0.05) is 0 Å². The van der Waals surface area contributed by atoms with Crippen molar-refractivity contribution in [3.05, 3.63) is 38.9 Å². The number of carbonyl (C=O) groups is 1. The lowest BCUT2D eigenvalue weighted by Crippen LogP contribution is -2.23. The van der Waals surface area contributed by atoms with Crippen LogP contribution in [0.15, 0.2) is 17.8 Å². The number of carbonyl (C=O) groups excluding carboxylic acids is 1. The Labute approximate surface area is 160 Å². The zero-order valence-electron chi connectivity index (χ0n) is 15.1. The van der Waals surface area contributed by atoms with Crippen molar-refractivity contribution in [1.82, 2.24) is 24.8 Å².